The van der Waals surface area contributed by atoms with Crippen LogP contribution in [-0.4, -0.2) is 68.1 Å². The van der Waals surface area contributed by atoms with E-state index in [1.54, 1.807) is 12.1 Å². The number of aromatic nitrogens is 4. The summed E-state index contributed by atoms with van der Waals surface area (Å²) in [7, 11) is 0. The van der Waals surface area contributed by atoms with Crippen LogP contribution < -0.4 is 43.8 Å². The largest absolute Gasteiger partial charge is 0.444 e. The van der Waals surface area contributed by atoms with Gasteiger partial charge in [-0.05, 0) is 121 Å². The van der Waals surface area contributed by atoms with E-state index in [2.05, 4.69) is 59.1 Å². The van der Waals surface area contributed by atoms with Gasteiger partial charge in [0.25, 0.3) is 11.8 Å². The predicted molar refractivity (Wildman–Crippen MR) is 232 cm³/mol. The van der Waals surface area contributed by atoms with Crippen molar-refractivity contribution in [2.24, 2.45) is 17.2 Å². The Labute approximate surface area is 346 Å². The third kappa shape index (κ3) is 13.2. The molecule has 2 saturated carbocycles. The molecule has 0 saturated heterocycles. The van der Waals surface area contributed by atoms with Gasteiger partial charge in [-0.15, -0.1) is 20.4 Å². The van der Waals surface area contributed by atoms with Gasteiger partial charge in [-0.1, -0.05) is 37.8 Å². The Kier molecular flexibility index (Phi) is 14.7. The maximum absolute atomic E-state index is 12.3. The Morgan fingerprint density at radius 2 is 1.00 bits per heavy atom. The summed E-state index contributed by atoms with van der Waals surface area (Å²) in [6.07, 6.45) is 7.61. The Morgan fingerprint density at radius 3 is 1.42 bits per heavy atom. The second-order valence-electron chi connectivity index (χ2n) is 16.7. The summed E-state index contributed by atoms with van der Waals surface area (Å²) < 4.78 is 5.42. The third-order valence-electron chi connectivity index (χ3n) is 10.0. The second kappa shape index (κ2) is 19.6. The third-order valence-corrected chi connectivity index (χ3v) is 10.0. The molecule has 0 radical (unpaired) electrons. The molecule has 2 fully saturated rings. The summed E-state index contributed by atoms with van der Waals surface area (Å²) in [4.78, 5) is 36.0. The molecule has 16 nitrogen and oxygen atoms in total. The average Bonchev–Trinajstić information content (AvgIpc) is 3.12. The number of amides is 3. The van der Waals surface area contributed by atoms with E-state index >= 15 is 0 Å². The first-order valence-corrected chi connectivity index (χ1v) is 20.3. The van der Waals surface area contributed by atoms with Gasteiger partial charge in [-0.2, -0.15) is 0 Å². The number of nitrogens with zero attached hydrogens (tertiary/aromatic N) is 4. The van der Waals surface area contributed by atoms with Gasteiger partial charge in [-0.3, -0.25) is 9.59 Å². The lowest BCUT2D eigenvalue weighted by atomic mass is 9.90. The molecule has 4 atom stereocenters. The summed E-state index contributed by atoms with van der Waals surface area (Å²) >= 11 is 0. The van der Waals surface area contributed by atoms with Gasteiger partial charge in [0, 0.05) is 41.6 Å². The number of hydrogen-bond acceptors (Lipinski definition) is 13. The van der Waals surface area contributed by atoms with Gasteiger partial charge >= 0.3 is 6.09 Å². The van der Waals surface area contributed by atoms with E-state index in [1.807, 2.05) is 72.7 Å². The molecule has 6 rings (SSSR count). The smallest absolute Gasteiger partial charge is 0.407 e. The zero-order valence-electron chi connectivity index (χ0n) is 35.2. The number of hydrogen-bond donors (Lipinski definition) is 8. The van der Waals surface area contributed by atoms with Crippen LogP contribution >= 0.6 is 0 Å². The van der Waals surface area contributed by atoms with Crippen LogP contribution in [0.5, 0.6) is 0 Å². The molecule has 2 heterocycles. The van der Waals surface area contributed by atoms with Crippen molar-refractivity contribution < 1.29 is 19.1 Å². The number of nitrogens with two attached hydrogens (primary N) is 3. The van der Waals surface area contributed by atoms with E-state index in [-0.39, 0.29) is 35.6 Å². The van der Waals surface area contributed by atoms with E-state index < -0.39 is 23.5 Å². The maximum atomic E-state index is 12.3. The number of carbonyl (C=O) groups excluding carboxylic acids is 3. The summed E-state index contributed by atoms with van der Waals surface area (Å²) in [6.45, 7) is 13.6. The molecule has 0 bridgehead atoms. The normalized spacial score (nSPS) is 19.0. The first kappa shape index (κ1) is 44.1. The van der Waals surface area contributed by atoms with Crippen molar-refractivity contribution in [1.82, 2.24) is 25.7 Å². The summed E-state index contributed by atoms with van der Waals surface area (Å²) in [6, 6.07) is 15.7. The van der Waals surface area contributed by atoms with E-state index in [0.29, 0.717) is 23.0 Å². The van der Waals surface area contributed by atoms with E-state index in [0.717, 1.165) is 85.0 Å². The van der Waals surface area contributed by atoms with Gasteiger partial charge in [0.2, 0.25) is 0 Å². The van der Waals surface area contributed by atoms with E-state index in [1.165, 1.54) is 0 Å². The quantitative estimate of drug-likeness (QED) is 0.0777. The lowest BCUT2D eigenvalue weighted by molar-refractivity contribution is 0.0488. The highest BCUT2D eigenvalue weighted by molar-refractivity contribution is 5.98. The van der Waals surface area contributed by atoms with Crippen molar-refractivity contribution in [3.05, 3.63) is 82.2 Å². The molecule has 59 heavy (non-hydrogen) atoms. The average molecular weight is 809 g/mol. The van der Waals surface area contributed by atoms with Crippen LogP contribution in [0.1, 0.15) is 115 Å². The molecule has 0 unspecified atom stereocenters. The monoisotopic (exact) mass is 808 g/mol. The van der Waals surface area contributed by atoms with Crippen LogP contribution in [0.4, 0.5) is 39.2 Å². The molecule has 2 aromatic carbocycles. The topological polar surface area (TPSA) is 250 Å². The molecule has 11 N–H and O–H groups in total. The van der Waals surface area contributed by atoms with Gasteiger partial charge in [0.05, 0.1) is 17.4 Å². The highest BCUT2D eigenvalue weighted by Gasteiger charge is 2.29. The number of nitrogens with one attached hydrogen (secondary N) is 5. The molecule has 2 aliphatic carbocycles. The zero-order valence-corrected chi connectivity index (χ0v) is 35.2. The minimum Gasteiger partial charge on any atom is -0.444 e. The van der Waals surface area contributed by atoms with Crippen molar-refractivity contribution >= 4 is 52.3 Å². The van der Waals surface area contributed by atoms with Crippen LogP contribution in [0.15, 0.2) is 48.5 Å². The maximum Gasteiger partial charge on any atom is 0.407 e. The molecule has 16 heteroatoms. The predicted octanol–water partition coefficient (Wildman–Crippen LogP) is 6.80. The summed E-state index contributed by atoms with van der Waals surface area (Å²) in [5.74, 6) is -0.202. The van der Waals surface area contributed by atoms with Crippen molar-refractivity contribution in [1.29, 1.82) is 0 Å². The van der Waals surface area contributed by atoms with E-state index in [9.17, 15) is 14.4 Å². The molecule has 316 valence electrons. The van der Waals surface area contributed by atoms with Crippen LogP contribution in [0, 0.1) is 27.7 Å². The van der Waals surface area contributed by atoms with E-state index in [4.69, 9.17) is 21.9 Å². The Bertz CT molecular complexity index is 2080. The fourth-order valence-electron chi connectivity index (χ4n) is 7.54. The van der Waals surface area contributed by atoms with Crippen LogP contribution in [0.2, 0.25) is 0 Å². The first-order chi connectivity index (χ1) is 27.9. The number of rotatable bonds is 11. The van der Waals surface area contributed by atoms with Gasteiger partial charge in [-0.25, -0.2) is 4.79 Å². The fraction of sp³-hybridized carbons (Fsp3) is 0.465. The van der Waals surface area contributed by atoms with Crippen molar-refractivity contribution in [2.75, 3.05) is 21.3 Å². The number of benzene rings is 2. The molecular formula is C43H60N12O4. The number of alkyl carbamates (subject to hydrolysis) is 1. The van der Waals surface area contributed by atoms with Crippen molar-refractivity contribution in [3.63, 3.8) is 0 Å². The van der Waals surface area contributed by atoms with Gasteiger partial charge in [0.1, 0.15) is 5.60 Å². The van der Waals surface area contributed by atoms with Crippen molar-refractivity contribution in [2.45, 2.75) is 130 Å². The zero-order chi connectivity index (χ0) is 42.9. The highest BCUT2D eigenvalue weighted by atomic mass is 16.6. The minimum absolute atomic E-state index is 0.0472. The number of aryl methyl sites for hydroxylation is 4. The van der Waals surface area contributed by atoms with Crippen molar-refractivity contribution in [3.8, 4) is 0 Å². The number of ether oxygens (including phenoxy) is 1. The number of carbonyl (C=O) groups is 3. The van der Waals surface area contributed by atoms with Gasteiger partial charge in [0.15, 0.2) is 23.0 Å². The molecular weight excluding hydrogens is 749 g/mol. The van der Waals surface area contributed by atoms with Crippen LogP contribution in [0.25, 0.3) is 0 Å². The molecule has 2 aromatic heterocycles. The van der Waals surface area contributed by atoms with Crippen LogP contribution in [0.3, 0.4) is 0 Å². The van der Waals surface area contributed by atoms with Crippen LogP contribution in [-0.2, 0) is 4.74 Å². The summed E-state index contributed by atoms with van der Waals surface area (Å²) in [5, 5.41) is 32.6. The Morgan fingerprint density at radius 1 is 0.593 bits per heavy atom. The lowest BCUT2D eigenvalue weighted by Gasteiger charge is -2.33. The standard InChI is InChI=1S/C24H34N6O3.C19H26N6O/c1-14-10-15(2)12-16(11-14)26-19-13-20(29-30-21(19)22(25)31)27-17-8-6-7-9-18(17)28-23(32)33-24(3,4)5;1-11-7-12(2)9-13(8-11)22-16-10-17(24-25-18(16)19(21)26)23-15-6-4-3-5-14(15)20/h10-13,17-18H,6-9H2,1-5H3,(H2,25,31)(H,28,32)(H2,26,27,29);7-10,14-15H,3-6,20H2,1-2H3,(H2,21,26)(H2,22,23,24)/t17-,18+;14-,15+/m10/s1. The Balaban J connectivity index is 0.000000230. The molecule has 3 amide bonds. The number of anilines is 6. The first-order valence-electron chi connectivity index (χ1n) is 20.3. The highest BCUT2D eigenvalue weighted by Crippen LogP contribution is 2.28. The minimum atomic E-state index is -0.664. The second-order valence-corrected chi connectivity index (χ2v) is 16.7. The molecule has 0 spiro atoms. The SMILES string of the molecule is Cc1cc(C)cc(Nc2cc(N[C@@H]3CCCC[C@@H]3N)nnc2C(N)=O)c1.Cc1cc(C)cc(Nc2cc(N[C@@H]3CCCC[C@@H]3NC(=O)OC(C)(C)C)nnc2C(N)=O)c1. The molecule has 0 aliphatic heterocycles. The molecule has 4 aromatic rings. The molecule has 2 aliphatic rings. The van der Waals surface area contributed by atoms with Gasteiger partial charge < -0.3 is 48.5 Å². The fourth-order valence-corrected chi connectivity index (χ4v) is 7.54. The number of primary amides is 2. The summed E-state index contributed by atoms with van der Waals surface area (Å²) in [5.41, 5.74) is 23.9. The lowest BCUT2D eigenvalue weighted by Crippen LogP contribution is -2.49. The Hall–Kier alpha value is -6.03.